The Morgan fingerprint density at radius 2 is 1.87 bits per heavy atom. The summed E-state index contributed by atoms with van der Waals surface area (Å²) in [5, 5.41) is 9.10. The van der Waals surface area contributed by atoms with E-state index in [9.17, 15) is 13.2 Å². The van der Waals surface area contributed by atoms with Gasteiger partial charge in [-0.3, -0.25) is 0 Å². The van der Waals surface area contributed by atoms with Gasteiger partial charge in [-0.2, -0.15) is 9.57 Å². The van der Waals surface area contributed by atoms with Crippen LogP contribution < -0.4 is 0 Å². The molecule has 0 radical (unpaired) electrons. The van der Waals surface area contributed by atoms with E-state index in [0.29, 0.717) is 39.1 Å². The van der Waals surface area contributed by atoms with Gasteiger partial charge in [0.1, 0.15) is 12.7 Å². The number of carbonyl (C=O) groups excluding carboxylic acids is 1. The first-order valence-corrected chi connectivity index (χ1v) is 8.90. The molecule has 8 heteroatoms. The molecule has 122 valence electrons. The number of ether oxygens (including phenoxy) is 1. The Balaban J connectivity index is 1.74. The average molecular weight is 335 g/mol. The van der Waals surface area contributed by atoms with E-state index < -0.39 is 10.0 Å². The van der Waals surface area contributed by atoms with Gasteiger partial charge in [0.25, 0.3) is 0 Å². The van der Waals surface area contributed by atoms with Crippen molar-refractivity contribution in [1.82, 2.24) is 9.21 Å². The third kappa shape index (κ3) is 2.90. The molecule has 2 aliphatic heterocycles. The molecular weight excluding hydrogens is 318 g/mol. The lowest BCUT2D eigenvalue weighted by molar-refractivity contribution is 0.134. The lowest BCUT2D eigenvalue weighted by Crippen LogP contribution is -2.47. The van der Waals surface area contributed by atoms with Crippen molar-refractivity contribution in [2.75, 3.05) is 26.2 Å². The molecular formula is C15H17N3O4S. The Morgan fingerprint density at radius 1 is 1.17 bits per heavy atom. The van der Waals surface area contributed by atoms with Crippen LogP contribution in [0.3, 0.4) is 0 Å². The summed E-state index contributed by atoms with van der Waals surface area (Å²) in [4.78, 5) is 13.3. The van der Waals surface area contributed by atoms with Gasteiger partial charge in [0.2, 0.25) is 10.0 Å². The second-order valence-electron chi connectivity index (χ2n) is 5.55. The second-order valence-corrected chi connectivity index (χ2v) is 7.46. The normalized spacial score (nSPS) is 20.3. The zero-order chi connectivity index (χ0) is 16.4. The molecule has 0 N–H and O–H groups in total. The van der Waals surface area contributed by atoms with Crippen molar-refractivity contribution in [2.24, 2.45) is 0 Å². The Bertz CT molecular complexity index is 748. The van der Waals surface area contributed by atoms with Crippen LogP contribution in [0.2, 0.25) is 0 Å². The lowest BCUT2D eigenvalue weighted by Gasteiger charge is -2.34. The maximum absolute atomic E-state index is 12.7. The Hall–Kier alpha value is -2.11. The fourth-order valence-electron chi connectivity index (χ4n) is 3.05. The summed E-state index contributed by atoms with van der Waals surface area (Å²) in [6.45, 7) is 1.62. The van der Waals surface area contributed by atoms with E-state index in [-0.39, 0.29) is 22.6 Å². The van der Waals surface area contributed by atoms with Crippen LogP contribution in [-0.2, 0) is 14.8 Å². The SMILES string of the molecule is N#Cc1ccccc1S(=O)(=O)N1CCC(N2CCOC2=O)CC1. The molecule has 2 fully saturated rings. The predicted molar refractivity (Wildman–Crippen MR) is 81.0 cm³/mol. The monoisotopic (exact) mass is 335 g/mol. The lowest BCUT2D eigenvalue weighted by atomic mass is 10.1. The zero-order valence-electron chi connectivity index (χ0n) is 12.5. The third-order valence-electron chi connectivity index (χ3n) is 4.28. The first-order chi connectivity index (χ1) is 11.0. The average Bonchev–Trinajstić information content (AvgIpc) is 3.01. The molecule has 0 saturated carbocycles. The minimum Gasteiger partial charge on any atom is -0.448 e. The van der Waals surface area contributed by atoms with Crippen LogP contribution in [0.1, 0.15) is 18.4 Å². The van der Waals surface area contributed by atoms with Crippen molar-refractivity contribution in [3.63, 3.8) is 0 Å². The summed E-state index contributed by atoms with van der Waals surface area (Å²) in [5.74, 6) is 0. The van der Waals surface area contributed by atoms with Gasteiger partial charge in [-0.1, -0.05) is 12.1 Å². The van der Waals surface area contributed by atoms with Crippen LogP contribution in [0.25, 0.3) is 0 Å². The molecule has 0 spiro atoms. The molecule has 0 atom stereocenters. The molecule has 0 unspecified atom stereocenters. The second kappa shape index (κ2) is 6.18. The number of sulfonamides is 1. The molecule has 23 heavy (non-hydrogen) atoms. The van der Waals surface area contributed by atoms with Crippen molar-refractivity contribution in [1.29, 1.82) is 5.26 Å². The standard InChI is InChI=1S/C15H17N3O4S/c16-11-12-3-1-2-4-14(12)23(20,21)17-7-5-13(6-8-17)18-9-10-22-15(18)19/h1-4,13H,5-10H2. The Kier molecular flexibility index (Phi) is 4.24. The van der Waals surface area contributed by atoms with Gasteiger partial charge in [0.15, 0.2) is 0 Å². The molecule has 3 rings (SSSR count). The maximum Gasteiger partial charge on any atom is 0.410 e. The van der Waals surface area contributed by atoms with E-state index in [0.717, 1.165) is 0 Å². The van der Waals surface area contributed by atoms with E-state index in [1.807, 2.05) is 6.07 Å². The molecule has 1 amide bonds. The number of rotatable bonds is 3. The molecule has 0 aliphatic carbocycles. The molecule has 0 bridgehead atoms. The van der Waals surface area contributed by atoms with Crippen LogP contribution in [-0.4, -0.2) is 56.0 Å². The van der Waals surface area contributed by atoms with Crippen LogP contribution >= 0.6 is 0 Å². The van der Waals surface area contributed by atoms with Gasteiger partial charge in [0.05, 0.1) is 17.0 Å². The number of hydrogen-bond donors (Lipinski definition) is 0. The highest BCUT2D eigenvalue weighted by atomic mass is 32.2. The number of amides is 1. The molecule has 7 nitrogen and oxygen atoms in total. The van der Waals surface area contributed by atoms with Crippen molar-refractivity contribution < 1.29 is 17.9 Å². The Morgan fingerprint density at radius 3 is 2.48 bits per heavy atom. The number of nitrogens with zero attached hydrogens (tertiary/aromatic N) is 3. The van der Waals surface area contributed by atoms with Gasteiger partial charge in [-0.15, -0.1) is 0 Å². The minimum atomic E-state index is -3.69. The van der Waals surface area contributed by atoms with E-state index in [4.69, 9.17) is 10.00 Å². The van der Waals surface area contributed by atoms with Gasteiger partial charge in [-0.25, -0.2) is 13.2 Å². The summed E-state index contributed by atoms with van der Waals surface area (Å²) in [5.41, 5.74) is 0.151. The van der Waals surface area contributed by atoms with Crippen molar-refractivity contribution in [3.05, 3.63) is 29.8 Å². The number of hydrogen-bond acceptors (Lipinski definition) is 5. The fraction of sp³-hybridized carbons (Fsp3) is 0.467. The molecule has 2 heterocycles. The molecule has 0 aromatic heterocycles. The highest BCUT2D eigenvalue weighted by Gasteiger charge is 2.36. The number of cyclic esters (lactones) is 1. The van der Waals surface area contributed by atoms with Crippen molar-refractivity contribution >= 4 is 16.1 Å². The van der Waals surface area contributed by atoms with E-state index >= 15 is 0 Å². The molecule has 1 aromatic rings. The largest absolute Gasteiger partial charge is 0.448 e. The van der Waals surface area contributed by atoms with Crippen molar-refractivity contribution in [2.45, 2.75) is 23.8 Å². The summed E-state index contributed by atoms with van der Waals surface area (Å²) in [7, 11) is -3.69. The number of nitriles is 1. The first kappa shape index (κ1) is 15.8. The summed E-state index contributed by atoms with van der Waals surface area (Å²) < 4.78 is 31.8. The summed E-state index contributed by atoms with van der Waals surface area (Å²) in [6, 6.07) is 8.15. The third-order valence-corrected chi connectivity index (χ3v) is 6.24. The zero-order valence-corrected chi connectivity index (χ0v) is 13.3. The van der Waals surface area contributed by atoms with E-state index in [2.05, 4.69) is 0 Å². The predicted octanol–water partition coefficient (Wildman–Crippen LogP) is 1.16. The number of piperidine rings is 1. The number of benzene rings is 1. The van der Waals surface area contributed by atoms with Crippen molar-refractivity contribution in [3.8, 4) is 6.07 Å². The van der Waals surface area contributed by atoms with Crippen LogP contribution in [0.5, 0.6) is 0 Å². The molecule has 2 saturated heterocycles. The highest BCUT2D eigenvalue weighted by molar-refractivity contribution is 7.89. The maximum atomic E-state index is 12.7. The minimum absolute atomic E-state index is 0.0164. The van der Waals surface area contributed by atoms with Gasteiger partial charge < -0.3 is 9.64 Å². The first-order valence-electron chi connectivity index (χ1n) is 7.46. The van der Waals surface area contributed by atoms with Crippen LogP contribution in [0, 0.1) is 11.3 Å². The molecule has 1 aromatic carbocycles. The quantitative estimate of drug-likeness (QED) is 0.827. The van der Waals surface area contributed by atoms with Gasteiger partial charge in [-0.05, 0) is 25.0 Å². The van der Waals surface area contributed by atoms with Gasteiger partial charge >= 0.3 is 6.09 Å². The topological polar surface area (TPSA) is 90.7 Å². The van der Waals surface area contributed by atoms with Crippen LogP contribution in [0.15, 0.2) is 29.2 Å². The smallest absolute Gasteiger partial charge is 0.410 e. The summed E-state index contributed by atoms with van der Waals surface area (Å²) in [6.07, 6.45) is 0.827. The Labute approximate surface area is 135 Å². The van der Waals surface area contributed by atoms with Crippen LogP contribution in [0.4, 0.5) is 4.79 Å². The van der Waals surface area contributed by atoms with Gasteiger partial charge in [0, 0.05) is 19.1 Å². The van der Waals surface area contributed by atoms with E-state index in [1.165, 1.54) is 16.4 Å². The highest BCUT2D eigenvalue weighted by Crippen LogP contribution is 2.26. The fourth-order valence-corrected chi connectivity index (χ4v) is 4.67. The molecule has 2 aliphatic rings. The number of carbonyl (C=O) groups is 1. The summed E-state index contributed by atoms with van der Waals surface area (Å²) >= 11 is 0. The van der Waals surface area contributed by atoms with E-state index in [1.54, 1.807) is 17.0 Å².